The van der Waals surface area contributed by atoms with Gasteiger partial charge in [0.25, 0.3) is 5.91 Å². The van der Waals surface area contributed by atoms with Crippen LogP contribution in [0.5, 0.6) is 0 Å². The maximum atomic E-state index is 14.3. The fourth-order valence-electron chi connectivity index (χ4n) is 4.25. The Morgan fingerprint density at radius 3 is 2.87 bits per heavy atom. The number of amidine groups is 1. The van der Waals surface area contributed by atoms with Gasteiger partial charge in [-0.15, -0.1) is 0 Å². The number of imide groups is 1. The lowest BCUT2D eigenvalue weighted by molar-refractivity contribution is -0.556. The fourth-order valence-corrected chi connectivity index (χ4v) is 4.47. The van der Waals surface area contributed by atoms with Gasteiger partial charge >= 0.3 is 12.0 Å². The highest BCUT2D eigenvalue weighted by molar-refractivity contribution is 6.31. The number of urea groups is 1. The molecule has 10 heteroatoms. The monoisotopic (exact) mass is 444 g/mol. The Hall–Kier alpha value is -3.20. The summed E-state index contributed by atoms with van der Waals surface area (Å²) in [4.78, 5) is 35.3. The van der Waals surface area contributed by atoms with Crippen LogP contribution in [-0.4, -0.2) is 69.2 Å². The van der Waals surface area contributed by atoms with Crippen LogP contribution in [-0.2, 0) is 17.9 Å². The lowest BCUT2D eigenvalue weighted by Gasteiger charge is -2.36. The summed E-state index contributed by atoms with van der Waals surface area (Å²) in [5, 5.41) is 0.170. The molecule has 1 aromatic carbocycles. The second kappa shape index (κ2) is 7.49. The number of benzene rings is 1. The third kappa shape index (κ3) is 3.20. The van der Waals surface area contributed by atoms with Crippen LogP contribution < -0.4 is 0 Å². The molecular formula is C21H20ClFN5O3+. The summed E-state index contributed by atoms with van der Waals surface area (Å²) in [5.41, 5.74) is 0.111. The van der Waals surface area contributed by atoms with E-state index < -0.39 is 23.8 Å². The largest absolute Gasteiger partial charge is 0.466 e. The first-order chi connectivity index (χ1) is 15.0. The minimum absolute atomic E-state index is 0.111. The first kappa shape index (κ1) is 19.7. The molecule has 5 rings (SSSR count). The maximum Gasteiger partial charge on any atom is 0.392 e. The SMILES string of the molecule is CN1C(=O)N(Cc2c(F)cccc2Cl)C(=O)C2C1=NC1=[N+](Cc3ccco3)CCCN12. The van der Waals surface area contributed by atoms with Crippen molar-refractivity contribution in [3.05, 3.63) is 58.8 Å². The minimum atomic E-state index is -0.734. The van der Waals surface area contributed by atoms with Gasteiger partial charge in [0.15, 0.2) is 0 Å². The van der Waals surface area contributed by atoms with E-state index in [1.54, 1.807) is 13.3 Å². The molecule has 160 valence electrons. The molecule has 3 aliphatic rings. The summed E-state index contributed by atoms with van der Waals surface area (Å²) in [7, 11) is 1.58. The molecule has 31 heavy (non-hydrogen) atoms. The Morgan fingerprint density at radius 2 is 2.13 bits per heavy atom. The normalized spacial score (nSPS) is 20.9. The van der Waals surface area contributed by atoms with Gasteiger partial charge in [-0.1, -0.05) is 22.7 Å². The van der Waals surface area contributed by atoms with Crippen molar-refractivity contribution >= 4 is 35.3 Å². The van der Waals surface area contributed by atoms with Crippen LogP contribution >= 0.6 is 11.6 Å². The summed E-state index contributed by atoms with van der Waals surface area (Å²) in [6, 6.07) is 6.69. The van der Waals surface area contributed by atoms with Gasteiger partial charge in [-0.25, -0.2) is 14.1 Å². The molecule has 3 amide bonds. The van der Waals surface area contributed by atoms with Gasteiger partial charge in [-0.05, 0) is 24.3 Å². The van der Waals surface area contributed by atoms with Crippen molar-refractivity contribution < 1.29 is 23.0 Å². The number of rotatable bonds is 4. The van der Waals surface area contributed by atoms with E-state index in [0.29, 0.717) is 24.9 Å². The van der Waals surface area contributed by atoms with Crippen molar-refractivity contribution in [1.29, 1.82) is 0 Å². The van der Waals surface area contributed by atoms with Crippen molar-refractivity contribution in [1.82, 2.24) is 14.7 Å². The lowest BCUT2D eigenvalue weighted by Crippen LogP contribution is -2.64. The van der Waals surface area contributed by atoms with Gasteiger partial charge in [0.05, 0.1) is 25.9 Å². The molecule has 2 aromatic rings. The van der Waals surface area contributed by atoms with Gasteiger partial charge in [-0.3, -0.25) is 19.2 Å². The zero-order valence-corrected chi connectivity index (χ0v) is 17.5. The number of aliphatic imine (C=N–C) groups is 1. The molecule has 1 unspecified atom stereocenters. The van der Waals surface area contributed by atoms with Crippen LogP contribution in [0.15, 0.2) is 46.0 Å². The molecule has 1 saturated heterocycles. The molecule has 0 aliphatic carbocycles. The van der Waals surface area contributed by atoms with E-state index in [2.05, 4.69) is 4.99 Å². The molecule has 1 atom stereocenters. The Morgan fingerprint density at radius 1 is 1.29 bits per heavy atom. The van der Waals surface area contributed by atoms with Crippen molar-refractivity contribution in [3.63, 3.8) is 0 Å². The summed E-state index contributed by atoms with van der Waals surface area (Å²) in [6.45, 7) is 1.67. The van der Waals surface area contributed by atoms with Gasteiger partial charge in [-0.2, -0.15) is 0 Å². The van der Waals surface area contributed by atoms with E-state index in [4.69, 9.17) is 16.0 Å². The molecular weight excluding hydrogens is 425 g/mol. The van der Waals surface area contributed by atoms with Crippen molar-refractivity contribution in [2.45, 2.75) is 25.6 Å². The lowest BCUT2D eigenvalue weighted by atomic mass is 10.1. The van der Waals surface area contributed by atoms with E-state index in [9.17, 15) is 14.0 Å². The van der Waals surface area contributed by atoms with Crippen molar-refractivity contribution in [2.24, 2.45) is 4.99 Å². The number of carbonyl (C=O) groups is 2. The van der Waals surface area contributed by atoms with Crippen molar-refractivity contribution in [3.8, 4) is 0 Å². The van der Waals surface area contributed by atoms with Crippen LogP contribution in [0.25, 0.3) is 0 Å². The zero-order chi connectivity index (χ0) is 21.7. The Balaban J connectivity index is 1.49. The third-order valence-electron chi connectivity index (χ3n) is 5.80. The zero-order valence-electron chi connectivity index (χ0n) is 16.8. The maximum absolute atomic E-state index is 14.3. The molecule has 1 fully saturated rings. The number of likely N-dealkylation sites (N-methyl/N-ethyl adjacent to an activating group) is 1. The van der Waals surface area contributed by atoms with E-state index in [1.165, 1.54) is 23.1 Å². The van der Waals surface area contributed by atoms with Crippen LogP contribution in [0, 0.1) is 5.82 Å². The predicted octanol–water partition coefficient (Wildman–Crippen LogP) is 2.52. The number of carbonyl (C=O) groups excluding carboxylic acids is 2. The number of nitrogens with zero attached hydrogens (tertiary/aromatic N) is 5. The smallest absolute Gasteiger partial charge is 0.392 e. The molecule has 0 spiro atoms. The molecule has 3 aliphatic heterocycles. The predicted molar refractivity (Wildman–Crippen MR) is 110 cm³/mol. The van der Waals surface area contributed by atoms with E-state index in [1.807, 2.05) is 21.6 Å². The average molecular weight is 445 g/mol. The fraction of sp³-hybridized carbons (Fsp3) is 0.333. The Bertz CT molecular complexity index is 1110. The van der Waals surface area contributed by atoms with Crippen LogP contribution in [0.3, 0.4) is 0 Å². The number of hydrogen-bond donors (Lipinski definition) is 0. The molecule has 8 nitrogen and oxygen atoms in total. The summed E-state index contributed by atoms with van der Waals surface area (Å²) in [5.74, 6) is 0.817. The summed E-state index contributed by atoms with van der Waals surface area (Å²) < 4.78 is 21.8. The Labute approximate surface area is 182 Å². The molecule has 4 heterocycles. The third-order valence-corrected chi connectivity index (χ3v) is 6.16. The Kier molecular flexibility index (Phi) is 4.77. The molecule has 0 saturated carbocycles. The van der Waals surface area contributed by atoms with Gasteiger partial charge in [0.2, 0.25) is 11.9 Å². The van der Waals surface area contributed by atoms with E-state index >= 15 is 0 Å². The van der Waals surface area contributed by atoms with Crippen molar-refractivity contribution in [2.75, 3.05) is 20.1 Å². The van der Waals surface area contributed by atoms with Gasteiger partial charge in [0.1, 0.15) is 18.1 Å². The number of halogens is 2. The first-order valence-corrected chi connectivity index (χ1v) is 10.3. The molecule has 0 radical (unpaired) electrons. The average Bonchev–Trinajstić information content (AvgIpc) is 3.40. The first-order valence-electron chi connectivity index (χ1n) is 9.97. The number of fused-ring (bicyclic) bond motifs is 3. The second-order valence-electron chi connectivity index (χ2n) is 7.69. The highest BCUT2D eigenvalue weighted by Crippen LogP contribution is 2.29. The highest BCUT2D eigenvalue weighted by Gasteiger charge is 2.56. The van der Waals surface area contributed by atoms with E-state index in [-0.39, 0.29) is 17.1 Å². The summed E-state index contributed by atoms with van der Waals surface area (Å²) in [6.07, 6.45) is 2.44. The minimum Gasteiger partial charge on any atom is -0.466 e. The topological polar surface area (TPSA) is 72.4 Å². The standard InChI is InChI=1S/C21H20ClFN5O3/c1-25-18-17(19(29)28(21(25)30)12-14-15(22)6-2-7-16(14)23)27-9-4-8-26(20(27)24-18)11-13-5-3-10-31-13/h2-3,5-7,10,17H,4,8-9,11-12H2,1H3/q+1. The number of guanidine groups is 1. The number of hydrogen-bond acceptors (Lipinski definition) is 5. The molecule has 0 bridgehead atoms. The number of amides is 3. The number of furan rings is 1. The molecule has 0 N–H and O–H groups in total. The van der Waals surface area contributed by atoms with Crippen LogP contribution in [0.2, 0.25) is 5.02 Å². The van der Waals surface area contributed by atoms with Crippen LogP contribution in [0.1, 0.15) is 17.7 Å². The van der Waals surface area contributed by atoms with E-state index in [0.717, 1.165) is 23.6 Å². The van der Waals surface area contributed by atoms with Gasteiger partial charge in [0, 0.05) is 24.1 Å². The van der Waals surface area contributed by atoms with Crippen LogP contribution in [0.4, 0.5) is 9.18 Å². The highest BCUT2D eigenvalue weighted by atomic mass is 35.5. The van der Waals surface area contributed by atoms with Gasteiger partial charge < -0.3 is 4.42 Å². The second-order valence-corrected chi connectivity index (χ2v) is 8.09. The summed E-state index contributed by atoms with van der Waals surface area (Å²) >= 11 is 6.13. The quantitative estimate of drug-likeness (QED) is 0.679. The molecule has 1 aromatic heterocycles.